The van der Waals surface area contributed by atoms with Gasteiger partial charge < -0.3 is 9.64 Å². The van der Waals surface area contributed by atoms with Crippen LogP contribution in [0.2, 0.25) is 0 Å². The molecule has 29 heavy (non-hydrogen) atoms. The maximum atomic E-state index is 13.1. The summed E-state index contributed by atoms with van der Waals surface area (Å²) in [6.07, 6.45) is 6.24. The fraction of sp³-hybridized carbons (Fsp3) is 0.583. The van der Waals surface area contributed by atoms with Crippen molar-refractivity contribution < 1.29 is 9.53 Å². The lowest BCUT2D eigenvalue weighted by molar-refractivity contribution is 0.0309. The Labute approximate surface area is 173 Å². The molecule has 2 saturated heterocycles. The fourth-order valence-electron chi connectivity index (χ4n) is 5.60. The van der Waals surface area contributed by atoms with Crippen LogP contribution in [0.3, 0.4) is 0 Å². The van der Waals surface area contributed by atoms with Gasteiger partial charge in [-0.1, -0.05) is 30.7 Å². The zero-order valence-electron chi connectivity index (χ0n) is 17.3. The highest BCUT2D eigenvalue weighted by molar-refractivity contribution is 5.95. The maximum Gasteiger partial charge on any atom is 0.272 e. The number of aromatic nitrogens is 1. The molecule has 1 aromatic heterocycles. The molecule has 0 radical (unpaired) electrons. The Kier molecular flexibility index (Phi) is 5.04. The van der Waals surface area contributed by atoms with Crippen molar-refractivity contribution in [1.82, 2.24) is 14.8 Å². The predicted octanol–water partition coefficient (Wildman–Crippen LogP) is 3.59. The van der Waals surface area contributed by atoms with Crippen molar-refractivity contribution in [2.24, 2.45) is 11.3 Å². The lowest BCUT2D eigenvalue weighted by Gasteiger charge is -2.43. The molecule has 1 aliphatic carbocycles. The summed E-state index contributed by atoms with van der Waals surface area (Å²) in [7, 11) is 1.82. The third-order valence-corrected chi connectivity index (χ3v) is 7.66. The van der Waals surface area contributed by atoms with Crippen LogP contribution in [0.15, 0.2) is 36.4 Å². The summed E-state index contributed by atoms with van der Waals surface area (Å²) in [5.74, 6) is 0.659. The highest BCUT2D eigenvalue weighted by atomic mass is 16.5. The van der Waals surface area contributed by atoms with Gasteiger partial charge in [0.05, 0.1) is 12.1 Å². The first-order chi connectivity index (χ1) is 14.2. The van der Waals surface area contributed by atoms with Crippen LogP contribution in [-0.2, 0) is 4.74 Å². The summed E-state index contributed by atoms with van der Waals surface area (Å²) in [6, 6.07) is 12.6. The third kappa shape index (κ3) is 3.44. The number of fused-ring (bicyclic) bond motifs is 1. The number of pyridine rings is 1. The standard InChI is InChI=1S/C24H31N3O2/c1-29-16-19-15-27(20-6-4-7-20)17-24(19)11-13-26(14-12-24)23(28)22-10-9-18-5-2-3-8-21(18)25-22/h2-3,5,8-10,19-20H,4,6-7,11-17H2,1H3. The highest BCUT2D eigenvalue weighted by Gasteiger charge is 2.50. The van der Waals surface area contributed by atoms with E-state index < -0.39 is 0 Å². The molecule has 0 N–H and O–H groups in total. The molecule has 2 aromatic rings. The molecule has 5 heteroatoms. The van der Waals surface area contributed by atoms with Gasteiger partial charge in [0.25, 0.3) is 5.91 Å². The second-order valence-corrected chi connectivity index (χ2v) is 9.21. The van der Waals surface area contributed by atoms with Gasteiger partial charge in [0.2, 0.25) is 0 Å². The Bertz CT molecular complexity index is 887. The monoisotopic (exact) mass is 393 g/mol. The number of carbonyl (C=O) groups excluding carboxylic acids is 1. The van der Waals surface area contributed by atoms with Crippen LogP contribution in [0.1, 0.15) is 42.6 Å². The van der Waals surface area contributed by atoms with Crippen molar-refractivity contribution in [2.75, 3.05) is 39.9 Å². The molecule has 1 aromatic carbocycles. The van der Waals surface area contributed by atoms with E-state index in [1.165, 1.54) is 32.4 Å². The summed E-state index contributed by atoms with van der Waals surface area (Å²) in [5.41, 5.74) is 1.76. The molecule has 3 aliphatic rings. The van der Waals surface area contributed by atoms with Crippen LogP contribution in [0.25, 0.3) is 10.9 Å². The van der Waals surface area contributed by atoms with Crippen LogP contribution < -0.4 is 0 Å². The minimum absolute atomic E-state index is 0.0720. The average Bonchev–Trinajstić information content (AvgIpc) is 3.03. The van der Waals surface area contributed by atoms with E-state index in [4.69, 9.17) is 4.74 Å². The van der Waals surface area contributed by atoms with Gasteiger partial charge in [-0.25, -0.2) is 4.98 Å². The summed E-state index contributed by atoms with van der Waals surface area (Å²) in [5, 5.41) is 1.08. The maximum absolute atomic E-state index is 13.1. The number of piperidine rings is 1. The van der Waals surface area contributed by atoms with Gasteiger partial charge in [0.1, 0.15) is 5.69 Å². The van der Waals surface area contributed by atoms with Gasteiger partial charge in [-0.05, 0) is 43.2 Å². The van der Waals surface area contributed by atoms with Crippen LogP contribution in [0, 0.1) is 11.3 Å². The van der Waals surface area contributed by atoms with Gasteiger partial charge in [-0.2, -0.15) is 0 Å². The van der Waals surface area contributed by atoms with Crippen molar-refractivity contribution in [3.8, 4) is 0 Å². The van der Waals surface area contributed by atoms with Crippen molar-refractivity contribution in [3.63, 3.8) is 0 Å². The number of hydrogen-bond donors (Lipinski definition) is 0. The molecule has 3 heterocycles. The second kappa shape index (κ2) is 7.69. The fourth-order valence-corrected chi connectivity index (χ4v) is 5.60. The molecule has 1 saturated carbocycles. The SMILES string of the molecule is COCC1CN(C2CCC2)CC12CCN(C(=O)c1ccc3ccccc3n1)CC2. The molecule has 5 rings (SSSR count). The first-order valence-electron chi connectivity index (χ1n) is 11.1. The Hall–Kier alpha value is -1.98. The quantitative estimate of drug-likeness (QED) is 0.796. The topological polar surface area (TPSA) is 45.7 Å². The number of hydrogen-bond acceptors (Lipinski definition) is 4. The largest absolute Gasteiger partial charge is 0.384 e. The highest BCUT2D eigenvalue weighted by Crippen LogP contribution is 2.47. The average molecular weight is 394 g/mol. The molecular weight excluding hydrogens is 362 g/mol. The molecular formula is C24H31N3O2. The number of likely N-dealkylation sites (tertiary alicyclic amines) is 2. The Morgan fingerprint density at radius 1 is 1.17 bits per heavy atom. The van der Waals surface area contributed by atoms with Crippen LogP contribution in [0.4, 0.5) is 0 Å². The van der Waals surface area contributed by atoms with E-state index >= 15 is 0 Å². The van der Waals surface area contributed by atoms with E-state index in [-0.39, 0.29) is 5.91 Å². The molecule has 5 nitrogen and oxygen atoms in total. The van der Waals surface area contributed by atoms with E-state index in [1.54, 1.807) is 0 Å². The number of nitrogens with zero attached hydrogens (tertiary/aromatic N) is 3. The molecule has 1 spiro atoms. The number of rotatable bonds is 4. The number of para-hydroxylation sites is 1. The zero-order valence-corrected chi connectivity index (χ0v) is 17.3. The van der Waals surface area contributed by atoms with Crippen LogP contribution in [-0.4, -0.2) is 66.6 Å². The Morgan fingerprint density at radius 2 is 1.97 bits per heavy atom. The smallest absolute Gasteiger partial charge is 0.272 e. The van der Waals surface area contributed by atoms with E-state index in [0.717, 1.165) is 49.5 Å². The second-order valence-electron chi connectivity index (χ2n) is 9.21. The minimum atomic E-state index is 0.0720. The molecule has 1 unspecified atom stereocenters. The summed E-state index contributed by atoms with van der Waals surface area (Å²) >= 11 is 0. The first-order valence-corrected chi connectivity index (χ1v) is 11.1. The Balaban J connectivity index is 1.28. The van der Waals surface area contributed by atoms with Crippen LogP contribution >= 0.6 is 0 Å². The van der Waals surface area contributed by atoms with E-state index in [9.17, 15) is 4.79 Å². The van der Waals surface area contributed by atoms with Gasteiger partial charge >= 0.3 is 0 Å². The van der Waals surface area contributed by atoms with Crippen LogP contribution in [0.5, 0.6) is 0 Å². The normalized spacial score (nSPS) is 24.9. The number of amides is 1. The van der Waals surface area contributed by atoms with Gasteiger partial charge in [-0.3, -0.25) is 9.69 Å². The summed E-state index contributed by atoms with van der Waals surface area (Å²) in [4.78, 5) is 22.5. The van der Waals surface area contributed by atoms with Crippen molar-refractivity contribution in [3.05, 3.63) is 42.1 Å². The summed E-state index contributed by atoms with van der Waals surface area (Å²) in [6.45, 7) is 4.84. The molecule has 0 bridgehead atoms. The molecule has 1 atom stereocenters. The van der Waals surface area contributed by atoms with Crippen molar-refractivity contribution in [2.45, 2.75) is 38.1 Å². The van der Waals surface area contributed by atoms with Gasteiger partial charge in [0, 0.05) is 50.6 Å². The third-order valence-electron chi connectivity index (χ3n) is 7.66. The molecule has 1 amide bonds. The first kappa shape index (κ1) is 19.0. The molecule has 3 fully saturated rings. The van der Waals surface area contributed by atoms with E-state index in [2.05, 4.69) is 9.88 Å². The predicted molar refractivity (Wildman–Crippen MR) is 114 cm³/mol. The lowest BCUT2D eigenvalue weighted by Crippen LogP contribution is -2.48. The van der Waals surface area contributed by atoms with Crippen molar-refractivity contribution in [1.29, 1.82) is 0 Å². The lowest BCUT2D eigenvalue weighted by atomic mass is 9.71. The van der Waals surface area contributed by atoms with E-state index in [1.807, 2.05) is 48.4 Å². The van der Waals surface area contributed by atoms with Crippen molar-refractivity contribution >= 4 is 16.8 Å². The molecule has 154 valence electrons. The van der Waals surface area contributed by atoms with Gasteiger partial charge in [0.15, 0.2) is 0 Å². The Morgan fingerprint density at radius 3 is 2.69 bits per heavy atom. The minimum Gasteiger partial charge on any atom is -0.384 e. The number of benzene rings is 1. The number of ether oxygens (including phenoxy) is 1. The zero-order chi connectivity index (χ0) is 19.8. The number of carbonyl (C=O) groups is 1. The van der Waals surface area contributed by atoms with Gasteiger partial charge in [-0.15, -0.1) is 0 Å². The van der Waals surface area contributed by atoms with E-state index in [0.29, 0.717) is 17.0 Å². The number of methoxy groups -OCH3 is 1. The summed E-state index contributed by atoms with van der Waals surface area (Å²) < 4.78 is 5.60. The molecule has 2 aliphatic heterocycles.